The van der Waals surface area contributed by atoms with Crippen LogP contribution in [-0.2, 0) is 11.2 Å². The number of aryl methyl sites for hydroxylation is 1. The number of hydrogen-bond acceptors (Lipinski definition) is 4. The first-order chi connectivity index (χ1) is 14.0. The highest BCUT2D eigenvalue weighted by Gasteiger charge is 2.25. The van der Waals surface area contributed by atoms with Crippen molar-refractivity contribution in [1.82, 2.24) is 5.32 Å². The largest absolute Gasteiger partial charge is 0.504 e. The highest BCUT2D eigenvalue weighted by molar-refractivity contribution is 5.79. The molecule has 0 heterocycles. The van der Waals surface area contributed by atoms with Crippen molar-refractivity contribution in [1.29, 1.82) is 0 Å². The molecule has 0 radical (unpaired) electrons. The Labute approximate surface area is 178 Å². The van der Waals surface area contributed by atoms with Gasteiger partial charge in [0.25, 0.3) is 0 Å². The van der Waals surface area contributed by atoms with Gasteiger partial charge in [0.05, 0.1) is 7.11 Å². The van der Waals surface area contributed by atoms with Crippen LogP contribution in [0.2, 0.25) is 0 Å². The molecular formula is C25H43NO3. The number of ether oxygens (including phenoxy) is 1. The van der Waals surface area contributed by atoms with E-state index in [1.807, 2.05) is 40.0 Å². The summed E-state index contributed by atoms with van der Waals surface area (Å²) in [6.07, 6.45) is 8.90. The Kier molecular flexibility index (Phi) is 12.0. The van der Waals surface area contributed by atoms with Gasteiger partial charge in [0.2, 0.25) is 0 Å². The van der Waals surface area contributed by atoms with Gasteiger partial charge in [-0.15, -0.1) is 0 Å². The van der Waals surface area contributed by atoms with Crippen LogP contribution in [0.4, 0.5) is 0 Å². The maximum absolute atomic E-state index is 11.4. The SMILES string of the molecule is CC.CNCC1CCC1.COc1ccc(CCC2CCC(=O)CC2C)c(C)c1O. The molecule has 0 spiro atoms. The third-order valence-corrected chi connectivity index (χ3v) is 6.38. The molecule has 2 unspecified atom stereocenters. The van der Waals surface area contributed by atoms with Gasteiger partial charge in [-0.3, -0.25) is 4.79 Å². The molecule has 166 valence electrons. The number of rotatable bonds is 6. The number of carbonyl (C=O) groups excluding carboxylic acids is 1. The molecule has 2 aliphatic rings. The molecule has 2 N–H and O–H groups in total. The van der Waals surface area contributed by atoms with Gasteiger partial charge in [0.15, 0.2) is 11.5 Å². The number of ketones is 1. The first-order valence-electron chi connectivity index (χ1n) is 11.5. The van der Waals surface area contributed by atoms with Crippen LogP contribution in [0.5, 0.6) is 11.5 Å². The minimum absolute atomic E-state index is 0.247. The molecule has 3 rings (SSSR count). The fourth-order valence-electron chi connectivity index (χ4n) is 4.17. The third-order valence-electron chi connectivity index (χ3n) is 6.38. The predicted molar refractivity (Wildman–Crippen MR) is 122 cm³/mol. The molecule has 2 aliphatic carbocycles. The van der Waals surface area contributed by atoms with Crippen LogP contribution in [0.3, 0.4) is 0 Å². The number of hydrogen-bond donors (Lipinski definition) is 2. The maximum Gasteiger partial charge on any atom is 0.160 e. The Morgan fingerprint density at radius 3 is 2.38 bits per heavy atom. The Morgan fingerprint density at radius 1 is 1.21 bits per heavy atom. The second-order valence-electron chi connectivity index (χ2n) is 8.31. The van der Waals surface area contributed by atoms with Gasteiger partial charge in [-0.2, -0.15) is 0 Å². The highest BCUT2D eigenvalue weighted by Crippen LogP contribution is 2.35. The summed E-state index contributed by atoms with van der Waals surface area (Å²) >= 11 is 0. The van der Waals surface area contributed by atoms with E-state index in [0.717, 1.165) is 43.6 Å². The lowest BCUT2D eigenvalue weighted by molar-refractivity contribution is -0.122. The van der Waals surface area contributed by atoms with E-state index in [1.54, 1.807) is 7.11 Å². The minimum Gasteiger partial charge on any atom is -0.504 e. The van der Waals surface area contributed by atoms with E-state index >= 15 is 0 Å². The van der Waals surface area contributed by atoms with E-state index in [9.17, 15) is 9.90 Å². The molecule has 0 saturated heterocycles. The molecule has 1 aromatic carbocycles. The van der Waals surface area contributed by atoms with E-state index in [2.05, 4.69) is 12.2 Å². The van der Waals surface area contributed by atoms with Gasteiger partial charge in [0.1, 0.15) is 5.78 Å². The van der Waals surface area contributed by atoms with Crippen molar-refractivity contribution in [2.24, 2.45) is 17.8 Å². The van der Waals surface area contributed by atoms with Crippen molar-refractivity contribution in [3.8, 4) is 11.5 Å². The quantitative estimate of drug-likeness (QED) is 0.639. The summed E-state index contributed by atoms with van der Waals surface area (Å²) in [4.78, 5) is 11.4. The van der Waals surface area contributed by atoms with Gasteiger partial charge in [-0.25, -0.2) is 0 Å². The second-order valence-corrected chi connectivity index (χ2v) is 8.31. The average molecular weight is 406 g/mol. The standard InChI is InChI=1S/C17H24O3.C6H13N.C2H6/c1-11-10-15(18)8-6-13(11)4-5-14-7-9-16(20-3)17(19)12(14)2;1-7-5-6-3-2-4-6;1-2/h7,9,11,13,19H,4-6,8,10H2,1-3H3;6-7H,2-5H2,1H3;1-2H3. The fourth-order valence-corrected chi connectivity index (χ4v) is 4.17. The summed E-state index contributed by atoms with van der Waals surface area (Å²) in [5, 5.41) is 13.2. The van der Waals surface area contributed by atoms with Crippen LogP contribution in [0.25, 0.3) is 0 Å². The van der Waals surface area contributed by atoms with Crippen LogP contribution in [0.1, 0.15) is 76.8 Å². The molecule has 0 bridgehead atoms. The molecule has 4 heteroatoms. The summed E-state index contributed by atoms with van der Waals surface area (Å²) in [7, 11) is 3.59. The van der Waals surface area contributed by atoms with E-state index in [0.29, 0.717) is 23.4 Å². The van der Waals surface area contributed by atoms with Crippen LogP contribution < -0.4 is 10.1 Å². The molecule has 2 saturated carbocycles. The second kappa shape index (κ2) is 13.6. The van der Waals surface area contributed by atoms with Crippen molar-refractivity contribution < 1.29 is 14.6 Å². The zero-order valence-corrected chi connectivity index (χ0v) is 19.5. The zero-order valence-electron chi connectivity index (χ0n) is 19.5. The summed E-state index contributed by atoms with van der Waals surface area (Å²) in [5.41, 5.74) is 2.08. The molecule has 29 heavy (non-hydrogen) atoms. The molecule has 2 fully saturated rings. The van der Waals surface area contributed by atoms with E-state index in [1.165, 1.54) is 31.4 Å². The lowest BCUT2D eigenvalue weighted by atomic mass is 9.77. The first kappa shape index (κ1) is 25.5. The van der Waals surface area contributed by atoms with E-state index < -0.39 is 0 Å². The third kappa shape index (κ3) is 8.00. The molecule has 1 aromatic rings. The number of methoxy groups -OCH3 is 1. The highest BCUT2D eigenvalue weighted by atomic mass is 16.5. The van der Waals surface area contributed by atoms with Gasteiger partial charge < -0.3 is 15.2 Å². The number of benzene rings is 1. The average Bonchev–Trinajstić information content (AvgIpc) is 2.69. The fraction of sp³-hybridized carbons (Fsp3) is 0.720. The van der Waals surface area contributed by atoms with Gasteiger partial charge in [-0.1, -0.05) is 33.3 Å². The number of nitrogens with one attached hydrogen (secondary N) is 1. The zero-order chi connectivity index (χ0) is 21.8. The Bertz CT molecular complexity index is 610. The van der Waals surface area contributed by atoms with Gasteiger partial charge >= 0.3 is 0 Å². The summed E-state index contributed by atoms with van der Waals surface area (Å²) in [6, 6.07) is 3.86. The van der Waals surface area contributed by atoms with E-state index in [-0.39, 0.29) is 5.75 Å². The molecule has 4 nitrogen and oxygen atoms in total. The number of phenolic OH excluding ortho intramolecular Hbond substituents is 1. The Morgan fingerprint density at radius 2 is 1.90 bits per heavy atom. The topological polar surface area (TPSA) is 58.6 Å². The number of carbonyl (C=O) groups is 1. The monoisotopic (exact) mass is 405 g/mol. The van der Waals surface area contributed by atoms with Crippen LogP contribution in [0, 0.1) is 24.7 Å². The molecule has 0 aromatic heterocycles. The molecular weight excluding hydrogens is 362 g/mol. The Hall–Kier alpha value is -1.55. The van der Waals surface area contributed by atoms with Gasteiger partial charge in [0, 0.05) is 12.8 Å². The number of phenols is 1. The smallest absolute Gasteiger partial charge is 0.160 e. The number of Topliss-reactive ketones (excluding diaryl/α,β-unsaturated/α-hetero) is 1. The number of aromatic hydroxyl groups is 1. The lowest BCUT2D eigenvalue weighted by Gasteiger charge is -2.28. The van der Waals surface area contributed by atoms with Crippen molar-refractivity contribution >= 4 is 5.78 Å². The minimum atomic E-state index is 0.247. The lowest BCUT2D eigenvalue weighted by Crippen LogP contribution is -2.24. The first-order valence-corrected chi connectivity index (χ1v) is 11.5. The van der Waals surface area contributed by atoms with Crippen LogP contribution in [-0.4, -0.2) is 31.6 Å². The molecule has 0 aliphatic heterocycles. The van der Waals surface area contributed by atoms with Gasteiger partial charge in [-0.05, 0) is 87.6 Å². The Balaban J connectivity index is 0.000000390. The summed E-state index contributed by atoms with van der Waals surface area (Å²) < 4.78 is 5.12. The summed E-state index contributed by atoms with van der Waals surface area (Å²) in [5.74, 6) is 3.32. The van der Waals surface area contributed by atoms with Crippen LogP contribution in [0.15, 0.2) is 12.1 Å². The van der Waals surface area contributed by atoms with Crippen molar-refractivity contribution in [3.63, 3.8) is 0 Å². The maximum atomic E-state index is 11.4. The van der Waals surface area contributed by atoms with Crippen LogP contribution >= 0.6 is 0 Å². The van der Waals surface area contributed by atoms with Crippen molar-refractivity contribution in [2.75, 3.05) is 20.7 Å². The predicted octanol–water partition coefficient (Wildman–Crippen LogP) is 5.68. The normalized spacial score (nSPS) is 21.2. The molecule has 2 atom stereocenters. The summed E-state index contributed by atoms with van der Waals surface area (Å²) in [6.45, 7) is 9.35. The molecule has 0 amide bonds. The van der Waals surface area contributed by atoms with Crippen molar-refractivity contribution in [3.05, 3.63) is 23.3 Å². The van der Waals surface area contributed by atoms with E-state index in [4.69, 9.17) is 4.74 Å². The van der Waals surface area contributed by atoms with Crippen molar-refractivity contribution in [2.45, 2.75) is 79.1 Å².